The van der Waals surface area contributed by atoms with E-state index < -0.39 is 18.0 Å². The van der Waals surface area contributed by atoms with Crippen LogP contribution in [0.4, 0.5) is 10.5 Å². The lowest BCUT2D eigenvalue weighted by Crippen LogP contribution is -2.44. The predicted octanol–water partition coefficient (Wildman–Crippen LogP) is 2.19. The number of nitrogens with zero attached hydrogens (tertiary/aromatic N) is 2. The zero-order valence-electron chi connectivity index (χ0n) is 11.7. The van der Waals surface area contributed by atoms with Crippen LogP contribution in [0.5, 0.6) is 0 Å². The Morgan fingerprint density at radius 3 is 2.65 bits per heavy atom. The molecule has 0 aliphatic heterocycles. The number of hydrogen-bond acceptors (Lipinski definition) is 3. The van der Waals surface area contributed by atoms with Crippen LogP contribution in [0.25, 0.3) is 0 Å². The number of urea groups is 1. The van der Waals surface area contributed by atoms with Crippen molar-refractivity contribution in [2.45, 2.75) is 26.3 Å². The minimum atomic E-state index is -1.06. The first-order valence-corrected chi connectivity index (χ1v) is 6.18. The standard InChI is InChI=1S/C14H17N3O3/c1-4-12(13(18)19)17(3)14(20)16-11-7-5-6-9(2)10(11)8-15/h5-7,12H,4H2,1-3H3,(H,16,20)(H,18,19). The van der Waals surface area contributed by atoms with Crippen molar-refractivity contribution in [1.29, 1.82) is 5.26 Å². The molecule has 6 heteroatoms. The molecule has 2 N–H and O–H groups in total. The van der Waals surface area contributed by atoms with Crippen molar-refractivity contribution in [2.75, 3.05) is 12.4 Å². The normalized spacial score (nSPS) is 11.3. The molecule has 6 nitrogen and oxygen atoms in total. The molecule has 1 atom stereocenters. The van der Waals surface area contributed by atoms with Gasteiger partial charge in [-0.1, -0.05) is 19.1 Å². The number of carbonyl (C=O) groups is 2. The number of rotatable bonds is 4. The van der Waals surface area contributed by atoms with E-state index in [0.29, 0.717) is 17.7 Å². The third kappa shape index (κ3) is 3.26. The monoisotopic (exact) mass is 275 g/mol. The van der Waals surface area contributed by atoms with Gasteiger partial charge in [0, 0.05) is 7.05 Å². The SMILES string of the molecule is CCC(C(=O)O)N(C)C(=O)Nc1cccc(C)c1C#N. The summed E-state index contributed by atoms with van der Waals surface area (Å²) in [5, 5.41) is 20.7. The van der Waals surface area contributed by atoms with Gasteiger partial charge < -0.3 is 15.3 Å². The molecule has 1 rings (SSSR count). The number of aryl methyl sites for hydroxylation is 1. The average molecular weight is 275 g/mol. The van der Waals surface area contributed by atoms with E-state index in [2.05, 4.69) is 5.32 Å². The lowest BCUT2D eigenvalue weighted by Gasteiger charge is -2.24. The van der Waals surface area contributed by atoms with Crippen LogP contribution in [0.1, 0.15) is 24.5 Å². The number of carboxylic acids is 1. The Labute approximate surface area is 117 Å². The van der Waals surface area contributed by atoms with E-state index in [1.807, 2.05) is 6.07 Å². The molecule has 0 fully saturated rings. The molecular formula is C14H17N3O3. The minimum absolute atomic E-state index is 0.304. The number of hydrogen-bond donors (Lipinski definition) is 2. The van der Waals surface area contributed by atoms with Gasteiger partial charge >= 0.3 is 12.0 Å². The van der Waals surface area contributed by atoms with Crippen LogP contribution in [-0.4, -0.2) is 35.1 Å². The zero-order valence-corrected chi connectivity index (χ0v) is 11.7. The number of anilines is 1. The summed E-state index contributed by atoms with van der Waals surface area (Å²) in [7, 11) is 1.42. The van der Waals surface area contributed by atoms with Crippen molar-refractivity contribution in [3.8, 4) is 6.07 Å². The van der Waals surface area contributed by atoms with Gasteiger partial charge in [0.05, 0.1) is 11.3 Å². The third-order valence-electron chi connectivity index (χ3n) is 3.09. The van der Waals surface area contributed by atoms with Gasteiger partial charge in [0.25, 0.3) is 0 Å². The molecule has 106 valence electrons. The maximum Gasteiger partial charge on any atom is 0.326 e. The van der Waals surface area contributed by atoms with Gasteiger partial charge in [0.1, 0.15) is 12.1 Å². The lowest BCUT2D eigenvalue weighted by molar-refractivity contribution is -0.141. The van der Waals surface area contributed by atoms with Gasteiger partial charge in [-0.3, -0.25) is 0 Å². The van der Waals surface area contributed by atoms with Crippen molar-refractivity contribution in [3.05, 3.63) is 29.3 Å². The lowest BCUT2D eigenvalue weighted by atomic mass is 10.1. The van der Waals surface area contributed by atoms with E-state index in [-0.39, 0.29) is 0 Å². The maximum atomic E-state index is 12.0. The summed E-state index contributed by atoms with van der Waals surface area (Å²) >= 11 is 0. The summed E-state index contributed by atoms with van der Waals surface area (Å²) in [6.07, 6.45) is 0.304. The van der Waals surface area contributed by atoms with Crippen LogP contribution in [0.15, 0.2) is 18.2 Å². The summed E-state index contributed by atoms with van der Waals surface area (Å²) in [5.74, 6) is -1.06. The number of likely N-dealkylation sites (N-methyl/N-ethyl adjacent to an activating group) is 1. The second-order valence-electron chi connectivity index (χ2n) is 4.41. The Kier molecular flexibility index (Phi) is 5.09. The van der Waals surface area contributed by atoms with E-state index in [1.54, 1.807) is 32.0 Å². The molecule has 20 heavy (non-hydrogen) atoms. The van der Waals surface area contributed by atoms with Gasteiger partial charge in [-0.2, -0.15) is 5.26 Å². The molecule has 0 aromatic heterocycles. The zero-order chi connectivity index (χ0) is 15.3. The molecule has 0 aliphatic rings. The van der Waals surface area contributed by atoms with Crippen LogP contribution in [0, 0.1) is 18.3 Å². The molecular weight excluding hydrogens is 258 g/mol. The van der Waals surface area contributed by atoms with Crippen LogP contribution in [0.3, 0.4) is 0 Å². The van der Waals surface area contributed by atoms with Crippen molar-refractivity contribution >= 4 is 17.7 Å². The Bertz CT molecular complexity index is 563. The maximum absolute atomic E-state index is 12.0. The van der Waals surface area contributed by atoms with Crippen molar-refractivity contribution in [3.63, 3.8) is 0 Å². The van der Waals surface area contributed by atoms with Crippen LogP contribution in [-0.2, 0) is 4.79 Å². The van der Waals surface area contributed by atoms with E-state index in [9.17, 15) is 9.59 Å². The molecule has 0 aliphatic carbocycles. The molecule has 0 saturated heterocycles. The highest BCUT2D eigenvalue weighted by molar-refractivity contribution is 5.93. The number of amides is 2. The number of aliphatic carboxylic acids is 1. The highest BCUT2D eigenvalue weighted by atomic mass is 16.4. The largest absolute Gasteiger partial charge is 0.480 e. The van der Waals surface area contributed by atoms with Crippen molar-refractivity contribution in [2.24, 2.45) is 0 Å². The number of nitriles is 1. The van der Waals surface area contributed by atoms with Crippen molar-refractivity contribution < 1.29 is 14.7 Å². The smallest absolute Gasteiger partial charge is 0.326 e. The fraction of sp³-hybridized carbons (Fsp3) is 0.357. The molecule has 2 amide bonds. The predicted molar refractivity (Wildman–Crippen MR) is 74.4 cm³/mol. The second kappa shape index (κ2) is 6.57. The number of benzene rings is 1. The highest BCUT2D eigenvalue weighted by Crippen LogP contribution is 2.19. The summed E-state index contributed by atoms with van der Waals surface area (Å²) in [4.78, 5) is 24.2. The van der Waals surface area contributed by atoms with E-state index in [4.69, 9.17) is 10.4 Å². The molecule has 0 radical (unpaired) electrons. The summed E-state index contributed by atoms with van der Waals surface area (Å²) in [6, 6.07) is 5.67. The van der Waals surface area contributed by atoms with Crippen LogP contribution < -0.4 is 5.32 Å². The minimum Gasteiger partial charge on any atom is -0.480 e. The fourth-order valence-electron chi connectivity index (χ4n) is 1.88. The Hall–Kier alpha value is -2.55. The summed E-state index contributed by atoms with van der Waals surface area (Å²) in [6.45, 7) is 3.46. The Balaban J connectivity index is 2.94. The fourth-order valence-corrected chi connectivity index (χ4v) is 1.88. The summed E-state index contributed by atoms with van der Waals surface area (Å²) in [5.41, 5.74) is 1.50. The van der Waals surface area contributed by atoms with Gasteiger partial charge in [-0.05, 0) is 25.0 Å². The topological polar surface area (TPSA) is 93.4 Å². The Morgan fingerprint density at radius 2 is 2.15 bits per heavy atom. The molecule has 0 spiro atoms. The first-order valence-electron chi connectivity index (χ1n) is 6.18. The van der Waals surface area contributed by atoms with Gasteiger partial charge in [0.2, 0.25) is 0 Å². The van der Waals surface area contributed by atoms with Gasteiger partial charge in [0.15, 0.2) is 0 Å². The van der Waals surface area contributed by atoms with Gasteiger partial charge in [-0.25, -0.2) is 9.59 Å². The van der Waals surface area contributed by atoms with E-state index in [1.165, 1.54) is 7.05 Å². The number of carboxylic acid groups (broad SMARTS) is 1. The first kappa shape index (κ1) is 15.5. The molecule has 0 bridgehead atoms. The second-order valence-corrected chi connectivity index (χ2v) is 4.41. The van der Waals surface area contributed by atoms with E-state index >= 15 is 0 Å². The number of carbonyl (C=O) groups excluding carboxylic acids is 1. The molecule has 0 saturated carbocycles. The molecule has 1 unspecified atom stereocenters. The Morgan fingerprint density at radius 1 is 1.50 bits per heavy atom. The van der Waals surface area contributed by atoms with Gasteiger partial charge in [-0.15, -0.1) is 0 Å². The van der Waals surface area contributed by atoms with E-state index in [0.717, 1.165) is 10.5 Å². The van der Waals surface area contributed by atoms with Crippen LogP contribution >= 0.6 is 0 Å². The average Bonchev–Trinajstić information content (AvgIpc) is 2.39. The first-order chi connectivity index (χ1) is 9.42. The molecule has 1 aromatic carbocycles. The highest BCUT2D eigenvalue weighted by Gasteiger charge is 2.25. The third-order valence-corrected chi connectivity index (χ3v) is 3.09. The molecule has 0 heterocycles. The molecule has 1 aromatic rings. The van der Waals surface area contributed by atoms with Crippen molar-refractivity contribution in [1.82, 2.24) is 4.90 Å². The quantitative estimate of drug-likeness (QED) is 0.880. The summed E-state index contributed by atoms with van der Waals surface area (Å²) < 4.78 is 0. The van der Waals surface area contributed by atoms with Crippen LogP contribution in [0.2, 0.25) is 0 Å². The number of nitrogens with one attached hydrogen (secondary N) is 1.